The number of carbonyl (C=O) groups excluding carboxylic acids is 1. The summed E-state index contributed by atoms with van der Waals surface area (Å²) in [6.07, 6.45) is -3.54. The van der Waals surface area contributed by atoms with E-state index in [2.05, 4.69) is 5.32 Å². The SMILES string of the molecule is CCCN(C)CC(=O)Nc1ccc(C(F)(F)F)cc1N. The van der Waals surface area contributed by atoms with Crippen LogP contribution in [-0.4, -0.2) is 30.9 Å². The first kappa shape index (κ1) is 16.3. The lowest BCUT2D eigenvalue weighted by molar-refractivity contribution is -0.137. The Labute approximate surface area is 115 Å². The van der Waals surface area contributed by atoms with E-state index in [9.17, 15) is 18.0 Å². The smallest absolute Gasteiger partial charge is 0.397 e. The molecule has 1 amide bonds. The molecule has 7 heteroatoms. The lowest BCUT2D eigenvalue weighted by Gasteiger charge is -2.16. The molecule has 1 aromatic rings. The molecule has 112 valence electrons. The van der Waals surface area contributed by atoms with Gasteiger partial charge in [0.15, 0.2) is 0 Å². The van der Waals surface area contributed by atoms with E-state index >= 15 is 0 Å². The van der Waals surface area contributed by atoms with Gasteiger partial charge in [-0.2, -0.15) is 13.2 Å². The number of nitrogen functional groups attached to an aromatic ring is 1. The van der Waals surface area contributed by atoms with Crippen molar-refractivity contribution in [1.29, 1.82) is 0 Å². The average Bonchev–Trinajstić information content (AvgIpc) is 2.30. The molecule has 0 aromatic heterocycles. The van der Waals surface area contributed by atoms with Crippen LogP contribution in [0.2, 0.25) is 0 Å². The molecular weight excluding hydrogens is 271 g/mol. The van der Waals surface area contributed by atoms with Crippen LogP contribution in [0.25, 0.3) is 0 Å². The van der Waals surface area contributed by atoms with Gasteiger partial charge in [0.2, 0.25) is 5.91 Å². The first-order chi connectivity index (χ1) is 9.24. The van der Waals surface area contributed by atoms with E-state index in [0.29, 0.717) is 0 Å². The van der Waals surface area contributed by atoms with Crippen molar-refractivity contribution in [3.8, 4) is 0 Å². The van der Waals surface area contributed by atoms with E-state index in [1.807, 2.05) is 11.8 Å². The van der Waals surface area contributed by atoms with Crippen LogP contribution in [-0.2, 0) is 11.0 Å². The Morgan fingerprint density at radius 3 is 2.55 bits per heavy atom. The van der Waals surface area contributed by atoms with E-state index in [0.717, 1.165) is 31.2 Å². The summed E-state index contributed by atoms with van der Waals surface area (Å²) in [5.74, 6) is -0.313. The summed E-state index contributed by atoms with van der Waals surface area (Å²) in [5.41, 5.74) is 4.77. The molecule has 0 bridgehead atoms. The quantitative estimate of drug-likeness (QED) is 0.819. The van der Waals surface area contributed by atoms with Crippen molar-refractivity contribution in [2.24, 2.45) is 0 Å². The molecule has 0 heterocycles. The topological polar surface area (TPSA) is 58.4 Å². The molecule has 1 rings (SSSR count). The van der Waals surface area contributed by atoms with Crippen LogP contribution in [0.3, 0.4) is 0 Å². The zero-order valence-corrected chi connectivity index (χ0v) is 11.4. The Kier molecular flexibility index (Phi) is 5.38. The van der Waals surface area contributed by atoms with Gasteiger partial charge in [-0.05, 0) is 38.2 Å². The number of likely N-dealkylation sites (N-methyl/N-ethyl adjacent to an activating group) is 1. The third kappa shape index (κ3) is 4.73. The molecule has 0 saturated carbocycles. The molecule has 1 aromatic carbocycles. The molecule has 0 atom stereocenters. The molecule has 0 saturated heterocycles. The number of nitrogens with zero attached hydrogens (tertiary/aromatic N) is 1. The molecule has 0 aliphatic rings. The Bertz CT molecular complexity index is 474. The molecule has 0 spiro atoms. The lowest BCUT2D eigenvalue weighted by Crippen LogP contribution is -2.30. The zero-order chi connectivity index (χ0) is 15.3. The van der Waals surface area contributed by atoms with Gasteiger partial charge in [0.25, 0.3) is 0 Å². The predicted octanol–water partition coefficient (Wildman–Crippen LogP) is 2.57. The molecule has 3 N–H and O–H groups in total. The molecule has 0 aliphatic heterocycles. The van der Waals surface area contributed by atoms with E-state index < -0.39 is 11.7 Å². The van der Waals surface area contributed by atoms with E-state index in [-0.39, 0.29) is 23.8 Å². The number of nitrogens with two attached hydrogens (primary N) is 1. The number of rotatable bonds is 5. The maximum atomic E-state index is 12.5. The highest BCUT2D eigenvalue weighted by Crippen LogP contribution is 2.32. The predicted molar refractivity (Wildman–Crippen MR) is 72.3 cm³/mol. The maximum Gasteiger partial charge on any atom is 0.416 e. The third-order valence-corrected chi connectivity index (χ3v) is 2.67. The molecule has 4 nitrogen and oxygen atoms in total. The van der Waals surface area contributed by atoms with Crippen LogP contribution < -0.4 is 11.1 Å². The van der Waals surface area contributed by atoms with Crippen molar-refractivity contribution in [3.05, 3.63) is 23.8 Å². The molecule has 20 heavy (non-hydrogen) atoms. The van der Waals surface area contributed by atoms with Crippen molar-refractivity contribution >= 4 is 17.3 Å². The van der Waals surface area contributed by atoms with E-state index in [1.54, 1.807) is 7.05 Å². The van der Waals surface area contributed by atoms with Gasteiger partial charge >= 0.3 is 6.18 Å². The number of hydrogen-bond donors (Lipinski definition) is 2. The monoisotopic (exact) mass is 289 g/mol. The summed E-state index contributed by atoms with van der Waals surface area (Å²) in [6, 6.07) is 2.86. The van der Waals surface area contributed by atoms with Crippen LogP contribution in [0, 0.1) is 0 Å². The van der Waals surface area contributed by atoms with Gasteiger partial charge in [0.1, 0.15) is 0 Å². The Morgan fingerprint density at radius 2 is 2.05 bits per heavy atom. The lowest BCUT2D eigenvalue weighted by atomic mass is 10.1. The van der Waals surface area contributed by atoms with E-state index in [4.69, 9.17) is 5.73 Å². The maximum absolute atomic E-state index is 12.5. The Morgan fingerprint density at radius 1 is 1.40 bits per heavy atom. The number of nitrogens with one attached hydrogen (secondary N) is 1. The minimum absolute atomic E-state index is 0.105. The summed E-state index contributed by atoms with van der Waals surface area (Å²) < 4.78 is 37.4. The highest BCUT2D eigenvalue weighted by atomic mass is 19.4. The fraction of sp³-hybridized carbons (Fsp3) is 0.462. The van der Waals surface area contributed by atoms with Crippen LogP contribution in [0.4, 0.5) is 24.5 Å². The fourth-order valence-corrected chi connectivity index (χ4v) is 1.75. The summed E-state index contributed by atoms with van der Waals surface area (Å²) in [4.78, 5) is 13.5. The minimum atomic E-state index is -4.45. The molecule has 0 radical (unpaired) electrons. The zero-order valence-electron chi connectivity index (χ0n) is 11.4. The van der Waals surface area contributed by atoms with Crippen molar-refractivity contribution in [2.75, 3.05) is 31.2 Å². The van der Waals surface area contributed by atoms with Crippen molar-refractivity contribution in [3.63, 3.8) is 0 Å². The van der Waals surface area contributed by atoms with Crippen LogP contribution in [0.5, 0.6) is 0 Å². The number of alkyl halides is 3. The number of amides is 1. The largest absolute Gasteiger partial charge is 0.416 e. The van der Waals surface area contributed by atoms with Crippen LogP contribution in [0.1, 0.15) is 18.9 Å². The fourth-order valence-electron chi connectivity index (χ4n) is 1.75. The second kappa shape index (κ2) is 6.60. The van der Waals surface area contributed by atoms with Crippen LogP contribution in [0.15, 0.2) is 18.2 Å². The van der Waals surface area contributed by atoms with Crippen LogP contribution >= 0.6 is 0 Å². The standard InChI is InChI=1S/C13H18F3N3O/c1-3-6-19(2)8-12(20)18-11-5-4-9(7-10(11)17)13(14,15)16/h4-5,7H,3,6,8,17H2,1-2H3,(H,18,20). The Hall–Kier alpha value is -1.76. The number of carbonyl (C=O) groups is 1. The average molecular weight is 289 g/mol. The minimum Gasteiger partial charge on any atom is -0.397 e. The second-order valence-electron chi connectivity index (χ2n) is 4.59. The van der Waals surface area contributed by atoms with Gasteiger partial charge in [-0.1, -0.05) is 6.92 Å². The normalized spacial score (nSPS) is 11.7. The number of benzene rings is 1. The second-order valence-corrected chi connectivity index (χ2v) is 4.59. The summed E-state index contributed by atoms with van der Waals surface area (Å²) in [7, 11) is 1.79. The van der Waals surface area contributed by atoms with Gasteiger partial charge in [-0.3, -0.25) is 9.69 Å². The number of anilines is 2. The highest BCUT2D eigenvalue weighted by Gasteiger charge is 2.30. The van der Waals surface area contributed by atoms with Gasteiger partial charge in [0, 0.05) is 0 Å². The molecule has 0 unspecified atom stereocenters. The van der Waals surface area contributed by atoms with Crippen molar-refractivity contribution < 1.29 is 18.0 Å². The van der Waals surface area contributed by atoms with Gasteiger partial charge in [-0.25, -0.2) is 0 Å². The third-order valence-electron chi connectivity index (χ3n) is 2.67. The van der Waals surface area contributed by atoms with Gasteiger partial charge < -0.3 is 11.1 Å². The molecule has 0 fully saturated rings. The summed E-state index contributed by atoms with van der Waals surface area (Å²) in [5, 5.41) is 2.51. The van der Waals surface area contributed by atoms with Gasteiger partial charge in [0.05, 0.1) is 23.5 Å². The summed E-state index contributed by atoms with van der Waals surface area (Å²) in [6.45, 7) is 2.91. The van der Waals surface area contributed by atoms with E-state index in [1.165, 1.54) is 0 Å². The number of halogens is 3. The van der Waals surface area contributed by atoms with Crippen molar-refractivity contribution in [1.82, 2.24) is 4.90 Å². The highest BCUT2D eigenvalue weighted by molar-refractivity contribution is 5.95. The summed E-state index contributed by atoms with van der Waals surface area (Å²) >= 11 is 0. The Balaban J connectivity index is 2.72. The molecule has 0 aliphatic carbocycles. The van der Waals surface area contributed by atoms with Crippen molar-refractivity contribution in [2.45, 2.75) is 19.5 Å². The van der Waals surface area contributed by atoms with Gasteiger partial charge in [-0.15, -0.1) is 0 Å². The first-order valence-corrected chi connectivity index (χ1v) is 6.19. The first-order valence-electron chi connectivity index (χ1n) is 6.19. The molecular formula is C13H18F3N3O. The number of hydrogen-bond acceptors (Lipinski definition) is 3.